The third-order valence-corrected chi connectivity index (χ3v) is 5.31. The fourth-order valence-electron chi connectivity index (χ4n) is 2.28. The molecule has 1 aliphatic rings. The number of pyridine rings is 1. The highest BCUT2D eigenvalue weighted by Crippen LogP contribution is 2.38. The Kier molecular flexibility index (Phi) is 4.38. The fraction of sp³-hybridized carbons (Fsp3) is 0.200. The lowest BCUT2D eigenvalue weighted by Crippen LogP contribution is -2.30. The lowest BCUT2D eigenvalue weighted by Gasteiger charge is -2.24. The predicted molar refractivity (Wildman–Crippen MR) is 86.9 cm³/mol. The number of nitrogens with zero attached hydrogens (tertiary/aromatic N) is 2. The molecule has 3 rings (SSSR count). The third kappa shape index (κ3) is 3.03. The molecule has 0 bridgehead atoms. The largest absolute Gasteiger partial charge is 0.322 e. The van der Waals surface area contributed by atoms with E-state index in [0.717, 1.165) is 17.9 Å². The first-order valence-electron chi connectivity index (χ1n) is 6.44. The van der Waals surface area contributed by atoms with Crippen molar-refractivity contribution in [1.82, 2.24) is 9.88 Å². The van der Waals surface area contributed by atoms with Gasteiger partial charge in [0.25, 0.3) is 5.91 Å². The van der Waals surface area contributed by atoms with E-state index in [1.807, 2.05) is 17.0 Å². The van der Waals surface area contributed by atoms with Crippen LogP contribution in [-0.4, -0.2) is 28.1 Å². The Hall–Kier alpha value is -1.23. The summed E-state index contributed by atoms with van der Waals surface area (Å²) in [4.78, 5) is 18.6. The normalized spacial score (nSPS) is 18.0. The molecule has 1 aromatic heterocycles. The van der Waals surface area contributed by atoms with Crippen molar-refractivity contribution in [2.45, 2.75) is 5.37 Å². The molecule has 1 unspecified atom stereocenters. The maximum atomic E-state index is 12.7. The van der Waals surface area contributed by atoms with Gasteiger partial charge in [0.2, 0.25) is 0 Å². The van der Waals surface area contributed by atoms with Crippen molar-refractivity contribution < 1.29 is 4.79 Å². The highest BCUT2D eigenvalue weighted by molar-refractivity contribution is 7.99. The van der Waals surface area contributed by atoms with Gasteiger partial charge in [0.1, 0.15) is 5.37 Å². The van der Waals surface area contributed by atoms with Crippen LogP contribution in [0.2, 0.25) is 10.0 Å². The van der Waals surface area contributed by atoms with Gasteiger partial charge < -0.3 is 4.90 Å². The first-order valence-corrected chi connectivity index (χ1v) is 8.25. The van der Waals surface area contributed by atoms with Crippen LogP contribution < -0.4 is 0 Å². The van der Waals surface area contributed by atoms with Gasteiger partial charge in [-0.1, -0.05) is 23.2 Å². The smallest absolute Gasteiger partial charge is 0.255 e. The number of halogens is 2. The number of thioether (sulfide) groups is 1. The Bertz CT molecular complexity index is 666. The summed E-state index contributed by atoms with van der Waals surface area (Å²) in [6.07, 6.45) is 3.49. The Morgan fingerprint density at radius 3 is 2.67 bits per heavy atom. The van der Waals surface area contributed by atoms with Crippen LogP contribution >= 0.6 is 35.0 Å². The molecule has 2 heterocycles. The number of benzene rings is 1. The van der Waals surface area contributed by atoms with Crippen LogP contribution in [0.4, 0.5) is 0 Å². The number of carbonyl (C=O) groups is 1. The molecule has 108 valence electrons. The Balaban J connectivity index is 1.88. The minimum absolute atomic E-state index is 0.0231. The number of amides is 1. The number of aromatic nitrogens is 1. The van der Waals surface area contributed by atoms with E-state index in [1.54, 1.807) is 42.4 Å². The molecule has 3 nitrogen and oxygen atoms in total. The zero-order valence-corrected chi connectivity index (χ0v) is 13.3. The lowest BCUT2D eigenvalue weighted by atomic mass is 10.1. The van der Waals surface area contributed by atoms with Crippen LogP contribution in [0, 0.1) is 0 Å². The highest BCUT2D eigenvalue weighted by Gasteiger charge is 2.31. The maximum Gasteiger partial charge on any atom is 0.255 e. The van der Waals surface area contributed by atoms with Crippen LogP contribution in [0.25, 0.3) is 0 Å². The van der Waals surface area contributed by atoms with Gasteiger partial charge in [0.05, 0.1) is 10.0 Å². The van der Waals surface area contributed by atoms with E-state index >= 15 is 0 Å². The minimum Gasteiger partial charge on any atom is -0.322 e. The van der Waals surface area contributed by atoms with E-state index in [0.29, 0.717) is 15.6 Å². The monoisotopic (exact) mass is 338 g/mol. The van der Waals surface area contributed by atoms with Gasteiger partial charge in [0.15, 0.2) is 0 Å². The molecule has 0 spiro atoms. The fourth-order valence-corrected chi connectivity index (χ4v) is 3.83. The van der Waals surface area contributed by atoms with Crippen molar-refractivity contribution in [3.8, 4) is 0 Å². The Labute approximate surface area is 137 Å². The Morgan fingerprint density at radius 2 is 1.95 bits per heavy atom. The zero-order chi connectivity index (χ0) is 14.8. The molecule has 2 aromatic rings. The van der Waals surface area contributed by atoms with E-state index in [2.05, 4.69) is 4.98 Å². The molecule has 1 aromatic carbocycles. The second kappa shape index (κ2) is 6.26. The van der Waals surface area contributed by atoms with Crippen molar-refractivity contribution in [3.05, 3.63) is 63.9 Å². The molecule has 1 fully saturated rings. The summed E-state index contributed by atoms with van der Waals surface area (Å²) in [5, 5.41) is 0.875. The van der Waals surface area contributed by atoms with Crippen LogP contribution in [0.15, 0.2) is 42.7 Å². The van der Waals surface area contributed by atoms with Gasteiger partial charge in [-0.2, -0.15) is 0 Å². The van der Waals surface area contributed by atoms with Crippen molar-refractivity contribution in [1.29, 1.82) is 0 Å². The number of hydrogen-bond donors (Lipinski definition) is 0. The van der Waals surface area contributed by atoms with Crippen LogP contribution in [0.5, 0.6) is 0 Å². The van der Waals surface area contributed by atoms with Gasteiger partial charge in [-0.05, 0) is 35.9 Å². The third-order valence-electron chi connectivity index (χ3n) is 3.31. The van der Waals surface area contributed by atoms with Crippen LogP contribution in [-0.2, 0) is 0 Å². The minimum atomic E-state index is -0.0274. The van der Waals surface area contributed by atoms with Crippen LogP contribution in [0.1, 0.15) is 21.3 Å². The second-order valence-corrected chi connectivity index (χ2v) is 6.63. The molecule has 0 radical (unpaired) electrons. The second-order valence-electron chi connectivity index (χ2n) is 4.63. The molecule has 0 aliphatic carbocycles. The first kappa shape index (κ1) is 14.7. The summed E-state index contributed by atoms with van der Waals surface area (Å²) in [5.74, 6) is 0.889. The molecule has 21 heavy (non-hydrogen) atoms. The molecule has 1 amide bonds. The summed E-state index contributed by atoms with van der Waals surface area (Å²) >= 11 is 13.7. The predicted octanol–water partition coefficient (Wildman–Crippen LogP) is 4.28. The van der Waals surface area contributed by atoms with Gasteiger partial charge in [-0.3, -0.25) is 9.78 Å². The van der Waals surface area contributed by atoms with Crippen molar-refractivity contribution in [2.24, 2.45) is 0 Å². The van der Waals surface area contributed by atoms with E-state index in [4.69, 9.17) is 23.2 Å². The van der Waals surface area contributed by atoms with Gasteiger partial charge in [-0.25, -0.2) is 0 Å². The first-order chi connectivity index (χ1) is 10.2. The number of rotatable bonds is 2. The number of hydrogen-bond acceptors (Lipinski definition) is 3. The quantitative estimate of drug-likeness (QED) is 0.819. The van der Waals surface area contributed by atoms with E-state index in [9.17, 15) is 4.79 Å². The van der Waals surface area contributed by atoms with E-state index < -0.39 is 0 Å². The Morgan fingerprint density at radius 1 is 1.19 bits per heavy atom. The number of carbonyl (C=O) groups excluding carboxylic acids is 1. The standard InChI is InChI=1S/C15H12Cl2N2OS/c16-12-2-1-11(9-13(12)17)14(20)19-7-8-21-15(19)10-3-5-18-6-4-10/h1-6,9,15H,7-8H2. The van der Waals surface area contributed by atoms with Gasteiger partial charge in [0, 0.05) is 30.3 Å². The average Bonchev–Trinajstić information content (AvgIpc) is 2.99. The highest BCUT2D eigenvalue weighted by atomic mass is 35.5. The molecular weight excluding hydrogens is 327 g/mol. The molecule has 0 saturated carbocycles. The lowest BCUT2D eigenvalue weighted by molar-refractivity contribution is 0.0760. The van der Waals surface area contributed by atoms with Gasteiger partial charge in [-0.15, -0.1) is 11.8 Å². The molecule has 1 aliphatic heterocycles. The van der Waals surface area contributed by atoms with E-state index in [-0.39, 0.29) is 11.3 Å². The van der Waals surface area contributed by atoms with Crippen molar-refractivity contribution >= 4 is 40.9 Å². The summed E-state index contributed by atoms with van der Waals surface area (Å²) in [6, 6.07) is 8.87. The molecule has 1 atom stereocenters. The zero-order valence-electron chi connectivity index (χ0n) is 11.0. The summed E-state index contributed by atoms with van der Waals surface area (Å²) < 4.78 is 0. The van der Waals surface area contributed by atoms with Crippen molar-refractivity contribution in [3.63, 3.8) is 0 Å². The molecule has 0 N–H and O–H groups in total. The summed E-state index contributed by atoms with van der Waals surface area (Å²) in [7, 11) is 0. The van der Waals surface area contributed by atoms with E-state index in [1.165, 1.54) is 0 Å². The summed E-state index contributed by atoms with van der Waals surface area (Å²) in [6.45, 7) is 0.719. The SMILES string of the molecule is O=C(c1ccc(Cl)c(Cl)c1)N1CCSC1c1ccncc1. The molecular formula is C15H12Cl2N2OS. The average molecular weight is 339 g/mol. The maximum absolute atomic E-state index is 12.7. The van der Waals surface area contributed by atoms with Crippen molar-refractivity contribution in [2.75, 3.05) is 12.3 Å². The van der Waals surface area contributed by atoms with Gasteiger partial charge >= 0.3 is 0 Å². The summed E-state index contributed by atoms with van der Waals surface area (Å²) in [5.41, 5.74) is 1.65. The molecule has 1 saturated heterocycles. The topological polar surface area (TPSA) is 33.2 Å². The van der Waals surface area contributed by atoms with Crippen LogP contribution in [0.3, 0.4) is 0 Å². The molecule has 6 heteroatoms.